The Bertz CT molecular complexity index is 535. The predicted molar refractivity (Wildman–Crippen MR) is 79.3 cm³/mol. The number of fused-ring (bicyclic) bond motifs is 1. The highest BCUT2D eigenvalue weighted by Crippen LogP contribution is 2.25. The molecule has 130 valence electrons. The summed E-state index contributed by atoms with van der Waals surface area (Å²) in [5, 5.41) is 16.1. The summed E-state index contributed by atoms with van der Waals surface area (Å²) in [6.45, 7) is 3.51. The molecule has 1 aliphatic heterocycles. The Morgan fingerprint density at radius 3 is 2.87 bits per heavy atom. The lowest BCUT2D eigenvalue weighted by atomic mass is 10.1. The number of nitrogens with zero attached hydrogens (tertiary/aromatic N) is 4. The van der Waals surface area contributed by atoms with Crippen molar-refractivity contribution in [3.8, 4) is 0 Å². The van der Waals surface area contributed by atoms with Crippen molar-refractivity contribution < 1.29 is 18.7 Å². The zero-order valence-electron chi connectivity index (χ0n) is 13.4. The van der Waals surface area contributed by atoms with Crippen LogP contribution in [-0.2, 0) is 6.54 Å². The number of hydrogen-bond acceptors (Lipinski definition) is 4. The van der Waals surface area contributed by atoms with Crippen molar-refractivity contribution in [2.45, 2.75) is 51.6 Å². The van der Waals surface area contributed by atoms with E-state index in [1.807, 2.05) is 13.8 Å². The first-order valence-corrected chi connectivity index (χ1v) is 7.81. The van der Waals surface area contributed by atoms with Gasteiger partial charge in [-0.2, -0.15) is 5.10 Å². The smallest absolute Gasteiger partial charge is 0.318 e. The number of amides is 2. The van der Waals surface area contributed by atoms with E-state index in [-0.39, 0.29) is 25.1 Å². The van der Waals surface area contributed by atoms with Crippen LogP contribution in [0.15, 0.2) is 0 Å². The third kappa shape index (κ3) is 4.37. The van der Waals surface area contributed by atoms with Crippen LogP contribution in [0.5, 0.6) is 0 Å². The number of carbonyl (C=O) groups is 1. The van der Waals surface area contributed by atoms with Gasteiger partial charge in [0.1, 0.15) is 5.82 Å². The zero-order chi connectivity index (χ0) is 17.0. The van der Waals surface area contributed by atoms with Crippen molar-refractivity contribution in [2.75, 3.05) is 19.7 Å². The summed E-state index contributed by atoms with van der Waals surface area (Å²) in [7, 11) is 0. The Morgan fingerprint density at radius 2 is 2.26 bits per heavy atom. The predicted octanol–water partition coefficient (Wildman–Crippen LogP) is 1.51. The molecule has 1 aromatic rings. The Balaban J connectivity index is 2.09. The average Bonchev–Trinajstić information content (AvgIpc) is 2.91. The van der Waals surface area contributed by atoms with Gasteiger partial charge >= 0.3 is 6.03 Å². The maximum Gasteiger partial charge on any atom is 0.318 e. The number of aromatic nitrogens is 3. The van der Waals surface area contributed by atoms with Gasteiger partial charge in [0.15, 0.2) is 5.82 Å². The summed E-state index contributed by atoms with van der Waals surface area (Å²) in [5.74, 6) is 1.55. The van der Waals surface area contributed by atoms with Gasteiger partial charge in [0, 0.05) is 19.0 Å². The van der Waals surface area contributed by atoms with Crippen molar-refractivity contribution in [3.63, 3.8) is 0 Å². The van der Waals surface area contributed by atoms with Crippen molar-refractivity contribution in [1.82, 2.24) is 25.0 Å². The maximum atomic E-state index is 12.5. The first kappa shape index (κ1) is 17.6. The second kappa shape index (κ2) is 7.67. The second-order valence-electron chi connectivity index (χ2n) is 5.91. The Kier molecular flexibility index (Phi) is 5.86. The quantitative estimate of drug-likeness (QED) is 0.827. The van der Waals surface area contributed by atoms with E-state index in [2.05, 4.69) is 15.4 Å². The minimum atomic E-state index is -2.64. The molecule has 0 saturated carbocycles. The third-order valence-corrected chi connectivity index (χ3v) is 3.72. The molecule has 1 unspecified atom stereocenters. The summed E-state index contributed by atoms with van der Waals surface area (Å²) in [4.78, 5) is 17.6. The van der Waals surface area contributed by atoms with Crippen LogP contribution in [0.3, 0.4) is 0 Å². The summed E-state index contributed by atoms with van der Waals surface area (Å²) in [6.07, 6.45) is -1.13. The monoisotopic (exact) mass is 331 g/mol. The number of nitrogens with one attached hydrogen (secondary N) is 1. The molecule has 7 nitrogen and oxygen atoms in total. The van der Waals surface area contributed by atoms with E-state index < -0.39 is 19.0 Å². The van der Waals surface area contributed by atoms with E-state index in [9.17, 15) is 13.6 Å². The maximum absolute atomic E-state index is 12.5. The van der Waals surface area contributed by atoms with Crippen LogP contribution in [0.25, 0.3) is 0 Å². The third-order valence-electron chi connectivity index (χ3n) is 3.72. The molecule has 0 aliphatic carbocycles. The summed E-state index contributed by atoms with van der Waals surface area (Å²) in [5.41, 5.74) is 0. The van der Waals surface area contributed by atoms with Crippen molar-refractivity contribution >= 4 is 6.03 Å². The normalized spacial score (nSPS) is 17.4. The molecular weight excluding hydrogens is 308 g/mol. The topological polar surface area (TPSA) is 83.3 Å². The van der Waals surface area contributed by atoms with Crippen LogP contribution in [0, 0.1) is 0 Å². The summed E-state index contributed by atoms with van der Waals surface area (Å²) >= 11 is 0. The van der Waals surface area contributed by atoms with Gasteiger partial charge in [-0.3, -0.25) is 0 Å². The molecule has 0 bridgehead atoms. The molecule has 0 saturated heterocycles. The molecule has 0 spiro atoms. The van der Waals surface area contributed by atoms with E-state index in [1.165, 1.54) is 0 Å². The number of urea groups is 1. The molecule has 23 heavy (non-hydrogen) atoms. The minimum absolute atomic E-state index is 0.132. The van der Waals surface area contributed by atoms with Gasteiger partial charge in [-0.1, -0.05) is 13.8 Å². The summed E-state index contributed by atoms with van der Waals surface area (Å²) < 4.78 is 26.9. The number of aliphatic hydroxyl groups excluding tert-OH is 1. The fraction of sp³-hybridized carbons (Fsp3) is 0.786. The van der Waals surface area contributed by atoms with Crippen molar-refractivity contribution in [2.24, 2.45) is 0 Å². The number of halogens is 2. The Hall–Kier alpha value is -1.77. The van der Waals surface area contributed by atoms with Crippen LogP contribution in [0.4, 0.5) is 13.6 Å². The highest BCUT2D eigenvalue weighted by Gasteiger charge is 2.28. The van der Waals surface area contributed by atoms with Gasteiger partial charge in [0.05, 0.1) is 19.2 Å². The fourth-order valence-corrected chi connectivity index (χ4v) is 2.55. The lowest BCUT2D eigenvalue weighted by Gasteiger charge is -2.27. The molecule has 0 fully saturated rings. The molecule has 9 heteroatoms. The highest BCUT2D eigenvalue weighted by molar-refractivity contribution is 5.74. The molecule has 0 radical (unpaired) electrons. The molecule has 2 heterocycles. The minimum Gasteiger partial charge on any atom is -0.395 e. The highest BCUT2D eigenvalue weighted by atomic mass is 19.3. The van der Waals surface area contributed by atoms with Gasteiger partial charge in [-0.05, 0) is 12.8 Å². The number of hydrogen-bond donors (Lipinski definition) is 2. The van der Waals surface area contributed by atoms with Crippen molar-refractivity contribution in [1.29, 1.82) is 0 Å². The lowest BCUT2D eigenvalue weighted by molar-refractivity contribution is 0.0887. The zero-order valence-corrected chi connectivity index (χ0v) is 13.4. The van der Waals surface area contributed by atoms with E-state index in [4.69, 9.17) is 5.11 Å². The molecular formula is C14H23F2N5O2. The van der Waals surface area contributed by atoms with E-state index in [0.29, 0.717) is 18.1 Å². The van der Waals surface area contributed by atoms with E-state index in [1.54, 1.807) is 4.68 Å². The second-order valence-corrected chi connectivity index (χ2v) is 5.91. The van der Waals surface area contributed by atoms with Crippen LogP contribution >= 0.6 is 0 Å². The van der Waals surface area contributed by atoms with Gasteiger partial charge in [0.2, 0.25) is 0 Å². The van der Waals surface area contributed by atoms with Crippen LogP contribution in [-0.4, -0.2) is 56.9 Å². The first-order chi connectivity index (χ1) is 10.9. The van der Waals surface area contributed by atoms with Crippen LogP contribution in [0.1, 0.15) is 50.3 Å². The number of aryl methyl sites for hydroxylation is 1. The molecule has 1 atom stereocenters. The largest absolute Gasteiger partial charge is 0.395 e. The molecule has 0 aromatic carbocycles. The van der Waals surface area contributed by atoms with Crippen molar-refractivity contribution in [3.05, 3.63) is 11.6 Å². The summed E-state index contributed by atoms with van der Waals surface area (Å²) in [6, 6.07) is -0.970. The fourth-order valence-electron chi connectivity index (χ4n) is 2.55. The van der Waals surface area contributed by atoms with Gasteiger partial charge in [-0.25, -0.2) is 23.2 Å². The molecule has 2 amide bonds. The molecule has 2 rings (SSSR count). The number of rotatable bonds is 6. The van der Waals surface area contributed by atoms with Crippen LogP contribution in [0.2, 0.25) is 0 Å². The number of carbonyl (C=O) groups excluding carboxylic acids is 1. The number of alkyl halides is 2. The molecule has 1 aliphatic rings. The average molecular weight is 331 g/mol. The van der Waals surface area contributed by atoms with Gasteiger partial charge in [0.25, 0.3) is 6.43 Å². The standard InChI is InChI=1S/C14H23F2N5O2/c1-9(2)12-18-13-10(4-3-5-21(13)19-12)17-14(23)20(6-7-22)8-11(15)16/h9-11,22H,3-8H2,1-2H3,(H,17,23). The first-order valence-electron chi connectivity index (χ1n) is 7.81. The van der Waals surface area contributed by atoms with Gasteiger partial charge < -0.3 is 15.3 Å². The molecule has 2 N–H and O–H groups in total. The van der Waals surface area contributed by atoms with E-state index in [0.717, 1.165) is 17.9 Å². The van der Waals surface area contributed by atoms with Crippen LogP contribution < -0.4 is 5.32 Å². The number of aliphatic hydroxyl groups is 1. The van der Waals surface area contributed by atoms with E-state index >= 15 is 0 Å². The Morgan fingerprint density at radius 1 is 1.52 bits per heavy atom. The molecule has 1 aromatic heterocycles. The SMILES string of the molecule is CC(C)c1nc2n(n1)CCCC2NC(=O)N(CCO)CC(F)F. The lowest BCUT2D eigenvalue weighted by Crippen LogP contribution is -2.46. The Labute approximate surface area is 133 Å². The van der Waals surface area contributed by atoms with Gasteiger partial charge in [-0.15, -0.1) is 0 Å².